The minimum atomic E-state index is 0.550. The lowest BCUT2D eigenvalue weighted by Crippen LogP contribution is -2.10. The quantitative estimate of drug-likeness (QED) is 0.667. The van der Waals surface area contributed by atoms with Gasteiger partial charge in [-0.2, -0.15) is 0 Å². The number of anilines is 1. The standard InChI is InChI=1S/C13H14Cl2N4/c1-2-3-11-7-12(19-16)18-13(17-11)8-4-9(14)6-10(15)5-8/h4-7H,2-3,16H2,1H3,(H,17,18,19). The van der Waals surface area contributed by atoms with Crippen LogP contribution >= 0.6 is 23.2 Å². The average Bonchev–Trinajstić information content (AvgIpc) is 2.37. The Bertz CT molecular complexity index is 567. The maximum Gasteiger partial charge on any atom is 0.161 e. The molecule has 0 spiro atoms. The molecule has 4 nitrogen and oxygen atoms in total. The molecule has 0 unspecified atom stereocenters. The second-order valence-electron chi connectivity index (χ2n) is 4.12. The molecule has 100 valence electrons. The highest BCUT2D eigenvalue weighted by Crippen LogP contribution is 2.26. The van der Waals surface area contributed by atoms with Gasteiger partial charge in [0, 0.05) is 27.4 Å². The smallest absolute Gasteiger partial charge is 0.161 e. The van der Waals surface area contributed by atoms with Crippen LogP contribution in [0.1, 0.15) is 19.0 Å². The van der Waals surface area contributed by atoms with Gasteiger partial charge in [0.1, 0.15) is 5.82 Å². The van der Waals surface area contributed by atoms with Crippen LogP contribution in [-0.2, 0) is 6.42 Å². The van der Waals surface area contributed by atoms with Gasteiger partial charge in [0.2, 0.25) is 0 Å². The highest BCUT2D eigenvalue weighted by atomic mass is 35.5. The highest BCUT2D eigenvalue weighted by Gasteiger charge is 2.08. The summed E-state index contributed by atoms with van der Waals surface area (Å²) >= 11 is 12.0. The van der Waals surface area contributed by atoms with Crippen molar-refractivity contribution in [2.75, 3.05) is 5.43 Å². The molecular formula is C13H14Cl2N4. The molecule has 2 aromatic rings. The molecule has 6 heteroatoms. The predicted molar refractivity (Wildman–Crippen MR) is 79.3 cm³/mol. The van der Waals surface area contributed by atoms with Crippen molar-refractivity contribution in [3.63, 3.8) is 0 Å². The van der Waals surface area contributed by atoms with E-state index < -0.39 is 0 Å². The van der Waals surface area contributed by atoms with Crippen LogP contribution in [0.3, 0.4) is 0 Å². The minimum absolute atomic E-state index is 0.550. The first-order chi connectivity index (χ1) is 9.12. The maximum atomic E-state index is 5.99. The lowest BCUT2D eigenvalue weighted by Gasteiger charge is -2.08. The van der Waals surface area contributed by atoms with Crippen molar-refractivity contribution < 1.29 is 0 Å². The Balaban J connectivity index is 2.50. The maximum absolute atomic E-state index is 5.99. The van der Waals surface area contributed by atoms with Gasteiger partial charge in [0.25, 0.3) is 0 Å². The largest absolute Gasteiger partial charge is 0.308 e. The molecule has 0 aliphatic carbocycles. The average molecular weight is 297 g/mol. The van der Waals surface area contributed by atoms with Gasteiger partial charge in [0.15, 0.2) is 5.82 Å². The molecule has 1 aromatic carbocycles. The van der Waals surface area contributed by atoms with Crippen LogP contribution < -0.4 is 11.3 Å². The zero-order chi connectivity index (χ0) is 13.8. The second-order valence-corrected chi connectivity index (χ2v) is 4.99. The molecule has 19 heavy (non-hydrogen) atoms. The van der Waals surface area contributed by atoms with Gasteiger partial charge in [-0.15, -0.1) is 0 Å². The molecule has 0 aliphatic heterocycles. The zero-order valence-corrected chi connectivity index (χ0v) is 12.0. The number of nitrogens with two attached hydrogens (primary N) is 1. The third-order valence-corrected chi connectivity index (χ3v) is 2.99. The fraction of sp³-hybridized carbons (Fsp3) is 0.231. The molecule has 0 atom stereocenters. The van der Waals surface area contributed by atoms with Gasteiger partial charge in [-0.05, 0) is 24.6 Å². The van der Waals surface area contributed by atoms with Crippen molar-refractivity contribution in [3.05, 3.63) is 40.0 Å². The van der Waals surface area contributed by atoms with Crippen molar-refractivity contribution in [2.24, 2.45) is 5.84 Å². The lowest BCUT2D eigenvalue weighted by atomic mass is 10.2. The Morgan fingerprint density at radius 1 is 1.11 bits per heavy atom. The van der Waals surface area contributed by atoms with Gasteiger partial charge < -0.3 is 5.43 Å². The van der Waals surface area contributed by atoms with Crippen molar-refractivity contribution in [1.82, 2.24) is 9.97 Å². The molecule has 0 saturated heterocycles. The van der Waals surface area contributed by atoms with Gasteiger partial charge in [-0.25, -0.2) is 15.8 Å². The van der Waals surface area contributed by atoms with Gasteiger partial charge in [-0.3, -0.25) is 0 Å². The first-order valence-corrected chi connectivity index (χ1v) is 6.69. The molecule has 3 N–H and O–H groups in total. The van der Waals surface area contributed by atoms with Crippen LogP contribution in [-0.4, -0.2) is 9.97 Å². The number of benzene rings is 1. The number of halogens is 2. The van der Waals surface area contributed by atoms with Crippen molar-refractivity contribution >= 4 is 29.0 Å². The molecule has 2 rings (SSSR count). The highest BCUT2D eigenvalue weighted by molar-refractivity contribution is 6.35. The van der Waals surface area contributed by atoms with Crippen molar-refractivity contribution in [3.8, 4) is 11.4 Å². The number of aromatic nitrogens is 2. The Morgan fingerprint density at radius 2 is 1.79 bits per heavy atom. The van der Waals surface area contributed by atoms with Crippen LogP contribution in [0.15, 0.2) is 24.3 Å². The van der Waals surface area contributed by atoms with Crippen molar-refractivity contribution in [2.45, 2.75) is 19.8 Å². The Kier molecular flexibility index (Phi) is 4.58. The van der Waals surface area contributed by atoms with E-state index in [4.69, 9.17) is 29.0 Å². The molecule has 0 saturated carbocycles. The topological polar surface area (TPSA) is 63.8 Å². The van der Waals surface area contributed by atoms with Gasteiger partial charge in [-0.1, -0.05) is 36.5 Å². The number of nitrogens with zero attached hydrogens (tertiary/aromatic N) is 2. The predicted octanol–water partition coefficient (Wildman–Crippen LogP) is 3.69. The molecule has 0 radical (unpaired) electrons. The van der Waals surface area contributed by atoms with E-state index in [1.54, 1.807) is 18.2 Å². The van der Waals surface area contributed by atoms with Crippen molar-refractivity contribution in [1.29, 1.82) is 0 Å². The summed E-state index contributed by atoms with van der Waals surface area (Å²) in [5, 5.41) is 1.10. The van der Waals surface area contributed by atoms with E-state index in [0.29, 0.717) is 21.7 Å². The summed E-state index contributed by atoms with van der Waals surface area (Å²) in [5.41, 5.74) is 4.25. The minimum Gasteiger partial charge on any atom is -0.308 e. The first kappa shape index (κ1) is 14.1. The SMILES string of the molecule is CCCc1cc(NN)nc(-c2cc(Cl)cc(Cl)c2)n1. The first-order valence-electron chi connectivity index (χ1n) is 5.93. The van der Waals surface area contributed by atoms with E-state index in [1.165, 1.54) is 0 Å². The van der Waals surface area contributed by atoms with Crippen LogP contribution in [0, 0.1) is 0 Å². The monoisotopic (exact) mass is 296 g/mol. The fourth-order valence-corrected chi connectivity index (χ4v) is 2.29. The number of hydrazine groups is 1. The van der Waals surface area contributed by atoms with E-state index in [2.05, 4.69) is 22.3 Å². The van der Waals surface area contributed by atoms with Gasteiger partial charge in [0.05, 0.1) is 0 Å². The third-order valence-electron chi connectivity index (χ3n) is 2.55. The summed E-state index contributed by atoms with van der Waals surface area (Å²) in [5.74, 6) is 6.56. The molecule has 1 heterocycles. The number of aryl methyl sites for hydroxylation is 1. The number of nitrogens with one attached hydrogen (secondary N) is 1. The molecule has 1 aromatic heterocycles. The summed E-state index contributed by atoms with van der Waals surface area (Å²) in [6, 6.07) is 7.06. The van der Waals surface area contributed by atoms with E-state index in [-0.39, 0.29) is 0 Å². The number of nitrogen functional groups attached to an aromatic ring is 1. The summed E-state index contributed by atoms with van der Waals surface area (Å²) in [6.07, 6.45) is 1.86. The molecule has 0 amide bonds. The Morgan fingerprint density at radius 3 is 2.37 bits per heavy atom. The Labute approximate surface area is 121 Å². The summed E-state index contributed by atoms with van der Waals surface area (Å²) < 4.78 is 0. The molecule has 0 fully saturated rings. The number of hydrogen-bond donors (Lipinski definition) is 2. The zero-order valence-electron chi connectivity index (χ0n) is 10.5. The second kappa shape index (κ2) is 6.19. The summed E-state index contributed by atoms with van der Waals surface area (Å²) in [7, 11) is 0. The van der Waals surface area contributed by atoms with Crippen LogP contribution in [0.5, 0.6) is 0 Å². The van der Waals surface area contributed by atoms with E-state index in [0.717, 1.165) is 24.1 Å². The Hall–Kier alpha value is -1.36. The molecule has 0 aliphatic rings. The van der Waals surface area contributed by atoms with Crippen LogP contribution in [0.2, 0.25) is 10.0 Å². The number of rotatable bonds is 4. The lowest BCUT2D eigenvalue weighted by molar-refractivity contribution is 0.875. The molecule has 0 bridgehead atoms. The van der Waals surface area contributed by atoms with Crippen LogP contribution in [0.25, 0.3) is 11.4 Å². The fourth-order valence-electron chi connectivity index (χ4n) is 1.77. The van der Waals surface area contributed by atoms with E-state index in [1.807, 2.05) is 6.07 Å². The van der Waals surface area contributed by atoms with Gasteiger partial charge >= 0.3 is 0 Å². The normalized spacial score (nSPS) is 10.5. The molecular weight excluding hydrogens is 283 g/mol. The third kappa shape index (κ3) is 3.56. The summed E-state index contributed by atoms with van der Waals surface area (Å²) in [6.45, 7) is 2.09. The summed E-state index contributed by atoms with van der Waals surface area (Å²) in [4.78, 5) is 8.82. The van der Waals surface area contributed by atoms with E-state index >= 15 is 0 Å². The number of hydrogen-bond acceptors (Lipinski definition) is 4. The van der Waals surface area contributed by atoms with E-state index in [9.17, 15) is 0 Å². The van der Waals surface area contributed by atoms with Crippen LogP contribution in [0.4, 0.5) is 5.82 Å².